The number of H-pyrrole nitrogens is 1. The van der Waals surface area contributed by atoms with Gasteiger partial charge in [-0.3, -0.25) is 4.79 Å². The fraction of sp³-hybridized carbons (Fsp3) is 0.375. The van der Waals surface area contributed by atoms with Crippen molar-refractivity contribution >= 4 is 24.2 Å². The first kappa shape index (κ1) is 9.12. The highest BCUT2D eigenvalue weighted by Gasteiger charge is 2.04. The predicted octanol–water partition coefficient (Wildman–Crippen LogP) is 1.29. The Morgan fingerprint density at radius 2 is 2.46 bits per heavy atom. The second kappa shape index (κ2) is 5.32. The van der Waals surface area contributed by atoms with Crippen LogP contribution in [-0.4, -0.2) is 11.2 Å². The van der Waals surface area contributed by atoms with E-state index in [0.717, 1.165) is 10.6 Å². The quantitative estimate of drug-likeness (QED) is 0.758. The molecule has 0 unspecified atom stereocenters. The third-order valence-electron chi connectivity index (χ3n) is 1.61. The van der Waals surface area contributed by atoms with Crippen molar-refractivity contribution < 1.29 is 2.82 Å². The first-order valence-electron chi connectivity index (χ1n) is 4.46. The molecule has 1 aromatic heterocycles. The molecule has 13 heavy (non-hydrogen) atoms. The molecule has 0 atom stereocenters. The Labute approximate surface area is 90.4 Å². The number of nitrogens with two attached hydrogens (primary N) is 1. The number of aromatic amines is 1. The summed E-state index contributed by atoms with van der Waals surface area (Å²) < 4.78 is 14.0. The molecule has 0 radical (unpaired) electrons. The maximum atomic E-state index is 11.5. The third-order valence-corrected chi connectivity index (χ3v) is 2.41. The smallest absolute Gasteiger partial charge is 0.253 e. The summed E-state index contributed by atoms with van der Waals surface area (Å²) in [6.07, 6.45) is 1.87. The summed E-state index contributed by atoms with van der Waals surface area (Å²) in [5.74, 6) is 0. The third kappa shape index (κ3) is 2.76. The predicted molar refractivity (Wildman–Crippen MR) is 58.7 cm³/mol. The molecule has 5 heteroatoms. The van der Waals surface area contributed by atoms with Gasteiger partial charge in [-0.15, -0.1) is 24.2 Å². The van der Waals surface area contributed by atoms with Crippen molar-refractivity contribution in [2.75, 3.05) is 6.26 Å². The highest BCUT2D eigenvalue weighted by molar-refractivity contribution is 7.98. The van der Waals surface area contributed by atoms with E-state index in [2.05, 4.69) is 4.98 Å². The number of hydrogen-bond acceptors (Lipinski definition) is 3. The molecule has 0 aliphatic heterocycles. The zero-order valence-corrected chi connectivity index (χ0v) is 9.09. The summed E-state index contributed by atoms with van der Waals surface area (Å²) in [5.41, 5.74) is 1.57. The second-order valence-corrected chi connectivity index (χ2v) is 3.33. The van der Waals surface area contributed by atoms with Crippen molar-refractivity contribution in [3.8, 4) is 0 Å². The Bertz CT molecular complexity index is 383. The van der Waals surface area contributed by atoms with E-state index < -0.39 is 0 Å². The Morgan fingerprint density at radius 1 is 1.77 bits per heavy atom. The Hall–Kier alpha value is -0.450. The van der Waals surface area contributed by atoms with Gasteiger partial charge < -0.3 is 10.7 Å². The Morgan fingerprint density at radius 3 is 3.00 bits per heavy atom. The van der Waals surface area contributed by atoms with Crippen molar-refractivity contribution in [3.63, 3.8) is 0 Å². The minimum atomic E-state index is -0.209. The number of halogens is 1. The van der Waals surface area contributed by atoms with Crippen LogP contribution < -0.4 is 11.3 Å². The van der Waals surface area contributed by atoms with Crippen molar-refractivity contribution in [2.45, 2.75) is 18.4 Å². The largest absolute Gasteiger partial charge is 0.326 e. The van der Waals surface area contributed by atoms with Gasteiger partial charge in [-0.1, -0.05) is 0 Å². The zero-order chi connectivity index (χ0) is 10.7. The van der Waals surface area contributed by atoms with Gasteiger partial charge in [0.2, 0.25) is 0 Å². The summed E-state index contributed by atoms with van der Waals surface area (Å²) in [6, 6.07) is 1.85. The SMILES string of the molecule is Cl.[2H]N([2H])Cc1c(SC)cc(C)[nH]c1=O. The number of nitrogens with one attached hydrogen (secondary N) is 1. The van der Waals surface area contributed by atoms with Gasteiger partial charge in [0.05, 0.1) is 0 Å². The molecule has 0 bridgehead atoms. The van der Waals surface area contributed by atoms with Crippen LogP contribution in [0.15, 0.2) is 15.8 Å². The molecule has 3 N–H and O–H groups in total. The molecule has 0 aromatic carbocycles. The van der Waals surface area contributed by atoms with Crippen LogP contribution in [0, 0.1) is 6.92 Å². The molecule has 0 amide bonds. The van der Waals surface area contributed by atoms with Gasteiger partial charge in [-0.2, -0.15) is 0 Å². The maximum Gasteiger partial charge on any atom is 0.253 e. The van der Waals surface area contributed by atoms with Gasteiger partial charge in [-0.05, 0) is 19.2 Å². The number of aromatic nitrogens is 1. The topological polar surface area (TPSA) is 58.9 Å². The summed E-state index contributed by atoms with van der Waals surface area (Å²) in [6.45, 7) is 1.83. The van der Waals surface area contributed by atoms with Crippen molar-refractivity contribution in [3.05, 3.63) is 27.7 Å². The van der Waals surface area contributed by atoms with Gasteiger partial charge in [0.15, 0.2) is 0 Å². The van der Waals surface area contributed by atoms with E-state index in [4.69, 9.17) is 2.82 Å². The van der Waals surface area contributed by atoms with E-state index in [-0.39, 0.29) is 24.5 Å². The van der Waals surface area contributed by atoms with E-state index >= 15 is 0 Å². The van der Waals surface area contributed by atoms with Gasteiger partial charge in [-0.25, -0.2) is 0 Å². The molecule has 0 fully saturated rings. The van der Waals surface area contributed by atoms with Crippen LogP contribution in [0.1, 0.15) is 11.3 Å². The summed E-state index contributed by atoms with van der Waals surface area (Å²) in [5, 5.41) is 0. The normalized spacial score (nSPS) is 11.9. The number of aryl methyl sites for hydroxylation is 1. The molecule has 0 aliphatic carbocycles. The lowest BCUT2D eigenvalue weighted by atomic mass is 10.2. The molecule has 0 saturated heterocycles. The number of rotatable bonds is 3. The van der Waals surface area contributed by atoms with Gasteiger partial charge in [0.1, 0.15) is 2.82 Å². The van der Waals surface area contributed by atoms with Gasteiger partial charge >= 0.3 is 0 Å². The van der Waals surface area contributed by atoms with E-state index in [1.165, 1.54) is 11.8 Å². The van der Waals surface area contributed by atoms with Crippen LogP contribution >= 0.6 is 24.2 Å². The van der Waals surface area contributed by atoms with Crippen LogP contribution in [0.2, 0.25) is 2.82 Å². The molecular formula is C8H13ClN2OS. The van der Waals surface area contributed by atoms with Crippen LogP contribution in [-0.2, 0) is 6.54 Å². The molecule has 74 valence electrons. The summed E-state index contributed by atoms with van der Waals surface area (Å²) in [4.78, 5) is 15.0. The summed E-state index contributed by atoms with van der Waals surface area (Å²) >= 11 is 1.45. The fourth-order valence-corrected chi connectivity index (χ4v) is 1.72. The van der Waals surface area contributed by atoms with Crippen LogP contribution in [0.25, 0.3) is 0 Å². The van der Waals surface area contributed by atoms with Crippen LogP contribution in [0.3, 0.4) is 0 Å². The van der Waals surface area contributed by atoms with Gasteiger partial charge in [0, 0.05) is 22.7 Å². The average molecular weight is 223 g/mol. The molecule has 0 aliphatic rings. The van der Waals surface area contributed by atoms with Crippen molar-refractivity contribution in [2.24, 2.45) is 5.72 Å². The summed E-state index contributed by atoms with van der Waals surface area (Å²) in [7, 11) is 0. The highest BCUT2D eigenvalue weighted by atomic mass is 35.5. The average Bonchev–Trinajstić information content (AvgIpc) is 2.08. The van der Waals surface area contributed by atoms with Crippen molar-refractivity contribution in [1.29, 1.82) is 0 Å². The molecular weight excluding hydrogens is 208 g/mol. The number of hydrogen-bond donors (Lipinski definition) is 2. The van der Waals surface area contributed by atoms with E-state index in [9.17, 15) is 4.79 Å². The lowest BCUT2D eigenvalue weighted by molar-refractivity contribution is 0.951. The maximum absolute atomic E-state index is 11.5. The molecule has 1 aromatic rings. The highest BCUT2D eigenvalue weighted by Crippen LogP contribution is 2.16. The molecule has 0 saturated carbocycles. The fourth-order valence-electron chi connectivity index (χ4n) is 1.02. The number of thioether (sulfide) groups is 1. The van der Waals surface area contributed by atoms with Crippen LogP contribution in [0.4, 0.5) is 0 Å². The lowest BCUT2D eigenvalue weighted by Gasteiger charge is -2.04. The lowest BCUT2D eigenvalue weighted by Crippen LogP contribution is -2.17. The molecule has 0 spiro atoms. The van der Waals surface area contributed by atoms with E-state index in [1.54, 1.807) is 0 Å². The Balaban J connectivity index is 0.00000196. The first-order valence-corrected chi connectivity index (χ1v) is 4.79. The molecule has 3 nitrogen and oxygen atoms in total. The minimum Gasteiger partial charge on any atom is -0.326 e. The molecule has 1 heterocycles. The zero-order valence-electron chi connectivity index (χ0n) is 9.46. The van der Waals surface area contributed by atoms with E-state index in [1.807, 2.05) is 19.2 Å². The Kier molecular flexibility index (Phi) is 3.73. The second-order valence-electron chi connectivity index (χ2n) is 2.49. The first-order chi connectivity index (χ1) is 6.54. The van der Waals surface area contributed by atoms with E-state index in [0.29, 0.717) is 11.3 Å². The van der Waals surface area contributed by atoms with Crippen LogP contribution in [0.5, 0.6) is 0 Å². The monoisotopic (exact) mass is 222 g/mol. The minimum absolute atomic E-state index is 0. The standard InChI is InChI=1S/C8H12N2OS.ClH/c1-5-3-7(12-2)6(4-9)8(11)10-5;/h3H,4,9H2,1-2H3,(H,10,11);1H/i/hD2. The molecule has 1 rings (SSSR count). The van der Waals surface area contributed by atoms with Gasteiger partial charge in [0.25, 0.3) is 5.56 Å². The van der Waals surface area contributed by atoms with Crippen molar-refractivity contribution in [1.82, 2.24) is 4.98 Å². The number of pyridine rings is 1.